The molecule has 1 aromatic carbocycles. The first-order valence-electron chi connectivity index (χ1n) is 3.92. The van der Waals surface area contributed by atoms with Gasteiger partial charge >= 0.3 is 0 Å². The minimum Gasteiger partial charge on any atom is -0.504 e. The standard InChI is InChI=1S/C10H9NO3/c1-6(12)9-7(5-11)3-4-8(14-2)10(9)13/h3-4,13H,1-2H3. The number of hydrogen-bond acceptors (Lipinski definition) is 4. The van der Waals surface area contributed by atoms with Gasteiger partial charge in [0.15, 0.2) is 17.3 Å². The highest BCUT2D eigenvalue weighted by Crippen LogP contribution is 2.32. The number of nitriles is 1. The van der Waals surface area contributed by atoms with Crippen LogP contribution in [0, 0.1) is 11.3 Å². The van der Waals surface area contributed by atoms with Crippen LogP contribution in [-0.2, 0) is 0 Å². The van der Waals surface area contributed by atoms with E-state index in [2.05, 4.69) is 0 Å². The molecule has 72 valence electrons. The molecule has 4 heteroatoms. The first kappa shape index (κ1) is 10.1. The zero-order chi connectivity index (χ0) is 10.7. The Morgan fingerprint density at radius 2 is 2.21 bits per heavy atom. The van der Waals surface area contributed by atoms with E-state index >= 15 is 0 Å². The largest absolute Gasteiger partial charge is 0.504 e. The second-order valence-electron chi connectivity index (χ2n) is 2.71. The van der Waals surface area contributed by atoms with Crippen LogP contribution in [0.5, 0.6) is 11.5 Å². The maximum atomic E-state index is 11.1. The number of Topliss-reactive ketones (excluding diaryl/α,β-unsaturated/α-hetero) is 1. The maximum absolute atomic E-state index is 11.1. The number of carbonyl (C=O) groups excluding carboxylic acids is 1. The lowest BCUT2D eigenvalue weighted by atomic mass is 10.0. The SMILES string of the molecule is COc1ccc(C#N)c(C(C)=O)c1O. The Morgan fingerprint density at radius 3 is 2.64 bits per heavy atom. The monoisotopic (exact) mass is 191 g/mol. The predicted octanol–water partition coefficient (Wildman–Crippen LogP) is 1.48. The number of ether oxygens (including phenoxy) is 1. The zero-order valence-electron chi connectivity index (χ0n) is 7.87. The van der Waals surface area contributed by atoms with Crippen LogP contribution in [0.1, 0.15) is 22.8 Å². The summed E-state index contributed by atoms with van der Waals surface area (Å²) in [5, 5.41) is 18.3. The molecule has 1 N–H and O–H groups in total. The van der Waals surface area contributed by atoms with Gasteiger partial charge in [0.05, 0.1) is 18.2 Å². The van der Waals surface area contributed by atoms with Crippen molar-refractivity contribution in [3.05, 3.63) is 23.3 Å². The van der Waals surface area contributed by atoms with Crippen molar-refractivity contribution >= 4 is 5.78 Å². The van der Waals surface area contributed by atoms with Gasteiger partial charge in [-0.15, -0.1) is 0 Å². The lowest BCUT2D eigenvalue weighted by Gasteiger charge is -2.07. The van der Waals surface area contributed by atoms with Crippen LogP contribution < -0.4 is 4.74 Å². The van der Waals surface area contributed by atoms with Gasteiger partial charge in [-0.1, -0.05) is 0 Å². The molecule has 0 heterocycles. The Balaban J connectivity index is 3.49. The highest BCUT2D eigenvalue weighted by molar-refractivity contribution is 6.00. The van der Waals surface area contributed by atoms with E-state index in [4.69, 9.17) is 10.00 Å². The lowest BCUT2D eigenvalue weighted by Crippen LogP contribution is -1.99. The Morgan fingerprint density at radius 1 is 1.57 bits per heavy atom. The summed E-state index contributed by atoms with van der Waals surface area (Å²) in [6.45, 7) is 1.29. The second kappa shape index (κ2) is 3.79. The van der Waals surface area contributed by atoms with E-state index in [-0.39, 0.29) is 28.4 Å². The Hall–Kier alpha value is -2.02. The van der Waals surface area contributed by atoms with Gasteiger partial charge in [-0.25, -0.2) is 0 Å². The van der Waals surface area contributed by atoms with Crippen LogP contribution in [0.4, 0.5) is 0 Å². The highest BCUT2D eigenvalue weighted by atomic mass is 16.5. The summed E-state index contributed by atoms with van der Waals surface area (Å²) in [6, 6.07) is 4.72. The fraction of sp³-hybridized carbons (Fsp3) is 0.200. The fourth-order valence-electron chi connectivity index (χ4n) is 1.19. The molecule has 4 nitrogen and oxygen atoms in total. The minimum atomic E-state index is -0.363. The number of aromatic hydroxyl groups is 1. The Kier molecular flexibility index (Phi) is 2.73. The third-order valence-corrected chi connectivity index (χ3v) is 1.83. The topological polar surface area (TPSA) is 70.3 Å². The summed E-state index contributed by atoms with van der Waals surface area (Å²) in [5.41, 5.74) is 0.155. The summed E-state index contributed by atoms with van der Waals surface area (Å²) < 4.78 is 4.82. The van der Waals surface area contributed by atoms with Crippen LogP contribution in [0.15, 0.2) is 12.1 Å². The number of benzene rings is 1. The zero-order valence-corrected chi connectivity index (χ0v) is 7.87. The quantitative estimate of drug-likeness (QED) is 0.718. The van der Waals surface area contributed by atoms with Gasteiger partial charge < -0.3 is 9.84 Å². The third kappa shape index (κ3) is 1.52. The Labute approximate surface area is 81.4 Å². The van der Waals surface area contributed by atoms with E-state index in [0.717, 1.165) is 0 Å². The smallest absolute Gasteiger partial charge is 0.170 e. The molecule has 1 aromatic rings. The number of carbonyl (C=O) groups is 1. The molecule has 14 heavy (non-hydrogen) atoms. The number of rotatable bonds is 2. The molecule has 0 amide bonds. The summed E-state index contributed by atoms with van der Waals surface area (Å²) in [4.78, 5) is 11.1. The number of hydrogen-bond donors (Lipinski definition) is 1. The van der Waals surface area contributed by atoms with Crippen LogP contribution in [0.25, 0.3) is 0 Å². The molecule has 0 fully saturated rings. The van der Waals surface area contributed by atoms with E-state index in [1.54, 1.807) is 0 Å². The number of nitrogens with zero attached hydrogens (tertiary/aromatic N) is 1. The van der Waals surface area contributed by atoms with Crippen molar-refractivity contribution in [2.75, 3.05) is 7.11 Å². The van der Waals surface area contributed by atoms with Gasteiger partial charge in [0.25, 0.3) is 0 Å². The fourth-order valence-corrected chi connectivity index (χ4v) is 1.19. The van der Waals surface area contributed by atoms with Crippen molar-refractivity contribution in [1.29, 1.82) is 5.26 Å². The summed E-state index contributed by atoms with van der Waals surface area (Å²) in [5.74, 6) is -0.453. The average molecular weight is 191 g/mol. The van der Waals surface area contributed by atoms with E-state index in [1.165, 1.54) is 26.2 Å². The highest BCUT2D eigenvalue weighted by Gasteiger charge is 2.16. The van der Waals surface area contributed by atoms with Crippen molar-refractivity contribution in [2.24, 2.45) is 0 Å². The van der Waals surface area contributed by atoms with Crippen LogP contribution in [-0.4, -0.2) is 18.0 Å². The van der Waals surface area contributed by atoms with Crippen molar-refractivity contribution in [3.63, 3.8) is 0 Å². The van der Waals surface area contributed by atoms with E-state index in [0.29, 0.717) is 0 Å². The first-order valence-corrected chi connectivity index (χ1v) is 3.92. The van der Waals surface area contributed by atoms with Crippen LogP contribution >= 0.6 is 0 Å². The maximum Gasteiger partial charge on any atom is 0.170 e. The van der Waals surface area contributed by atoms with E-state index in [9.17, 15) is 9.90 Å². The van der Waals surface area contributed by atoms with Crippen molar-refractivity contribution in [1.82, 2.24) is 0 Å². The van der Waals surface area contributed by atoms with Gasteiger partial charge in [0, 0.05) is 0 Å². The molecule has 1 rings (SSSR count). The molecule has 0 aliphatic rings. The van der Waals surface area contributed by atoms with Gasteiger partial charge in [-0.3, -0.25) is 4.79 Å². The van der Waals surface area contributed by atoms with Gasteiger partial charge in [-0.05, 0) is 19.1 Å². The van der Waals surface area contributed by atoms with E-state index < -0.39 is 0 Å². The molecule has 0 aliphatic carbocycles. The van der Waals surface area contributed by atoms with E-state index in [1.807, 2.05) is 6.07 Å². The summed E-state index contributed by atoms with van der Waals surface area (Å²) >= 11 is 0. The number of methoxy groups -OCH3 is 1. The van der Waals surface area contributed by atoms with Crippen LogP contribution in [0.2, 0.25) is 0 Å². The summed E-state index contributed by atoms with van der Waals surface area (Å²) in [7, 11) is 1.38. The van der Waals surface area contributed by atoms with Crippen molar-refractivity contribution < 1.29 is 14.6 Å². The van der Waals surface area contributed by atoms with Crippen molar-refractivity contribution in [3.8, 4) is 17.6 Å². The lowest BCUT2D eigenvalue weighted by molar-refractivity contribution is 0.101. The molecule has 0 aliphatic heterocycles. The normalized spacial score (nSPS) is 9.21. The number of phenols is 1. The minimum absolute atomic E-state index is 0.00634. The molecule has 0 aromatic heterocycles. The molecule has 0 radical (unpaired) electrons. The molecule has 0 bridgehead atoms. The molecule has 0 saturated heterocycles. The van der Waals surface area contributed by atoms with Gasteiger partial charge in [0.2, 0.25) is 0 Å². The molecule has 0 saturated carbocycles. The molecular formula is C10H9NO3. The number of phenolic OH excluding ortho intramolecular Hbond substituents is 1. The molecule has 0 unspecified atom stereocenters. The van der Waals surface area contributed by atoms with Gasteiger partial charge in [-0.2, -0.15) is 5.26 Å². The van der Waals surface area contributed by atoms with Crippen molar-refractivity contribution in [2.45, 2.75) is 6.92 Å². The van der Waals surface area contributed by atoms with Crippen LogP contribution in [0.3, 0.4) is 0 Å². The molecule has 0 spiro atoms. The number of ketones is 1. The molecule has 0 atom stereocenters. The van der Waals surface area contributed by atoms with Gasteiger partial charge in [0.1, 0.15) is 6.07 Å². The average Bonchev–Trinajstić information content (AvgIpc) is 2.16. The third-order valence-electron chi connectivity index (χ3n) is 1.83. The molecular weight excluding hydrogens is 182 g/mol. The Bertz CT molecular complexity index is 418. The first-order chi connectivity index (χ1) is 6.61. The second-order valence-corrected chi connectivity index (χ2v) is 2.71. The summed E-state index contributed by atoms with van der Waals surface area (Å²) in [6.07, 6.45) is 0. The predicted molar refractivity (Wildman–Crippen MR) is 49.4 cm³/mol.